The highest BCUT2D eigenvalue weighted by Crippen LogP contribution is 2.12. The van der Waals surface area contributed by atoms with Crippen molar-refractivity contribution in [2.24, 2.45) is 5.92 Å². The minimum Gasteiger partial charge on any atom is -0.480 e. The fourth-order valence-corrected chi connectivity index (χ4v) is 3.38. The van der Waals surface area contributed by atoms with Crippen LogP contribution in [0, 0.1) is 5.92 Å². The van der Waals surface area contributed by atoms with Crippen molar-refractivity contribution in [1.29, 1.82) is 0 Å². The van der Waals surface area contributed by atoms with Gasteiger partial charge in [0.25, 0.3) is 0 Å². The van der Waals surface area contributed by atoms with Gasteiger partial charge in [0.2, 0.25) is 21.8 Å². The van der Waals surface area contributed by atoms with Gasteiger partial charge in [0.1, 0.15) is 6.04 Å². The van der Waals surface area contributed by atoms with Crippen LogP contribution in [-0.2, 0) is 24.4 Å². The number of benzene rings is 1. The van der Waals surface area contributed by atoms with E-state index in [1.54, 1.807) is 18.2 Å². The van der Waals surface area contributed by atoms with Crippen molar-refractivity contribution in [3.05, 3.63) is 30.3 Å². The maximum absolute atomic E-state index is 12.3. The molecule has 0 aliphatic carbocycles. The molecule has 0 bridgehead atoms. The number of carbonyl (C=O) groups excluding carboxylic acids is 2. The van der Waals surface area contributed by atoms with Crippen molar-refractivity contribution in [2.75, 3.05) is 20.1 Å². The predicted molar refractivity (Wildman–Crippen MR) is 98.3 cm³/mol. The van der Waals surface area contributed by atoms with E-state index in [1.807, 2.05) is 13.8 Å². The van der Waals surface area contributed by atoms with Gasteiger partial charge in [-0.3, -0.25) is 9.59 Å². The summed E-state index contributed by atoms with van der Waals surface area (Å²) in [6.07, 6.45) is 0.257. The largest absolute Gasteiger partial charge is 0.480 e. The van der Waals surface area contributed by atoms with Crippen LogP contribution < -0.4 is 10.6 Å². The Morgan fingerprint density at radius 3 is 2.22 bits per heavy atom. The summed E-state index contributed by atoms with van der Waals surface area (Å²) in [7, 11) is -2.57. The van der Waals surface area contributed by atoms with E-state index in [9.17, 15) is 22.8 Å². The molecule has 1 aromatic rings. The van der Waals surface area contributed by atoms with Crippen molar-refractivity contribution >= 4 is 27.8 Å². The fourth-order valence-electron chi connectivity index (χ4n) is 2.23. The highest BCUT2D eigenvalue weighted by Gasteiger charge is 2.24. The molecule has 0 radical (unpaired) electrons. The third-order valence-corrected chi connectivity index (χ3v) is 5.42. The van der Waals surface area contributed by atoms with Gasteiger partial charge in [-0.1, -0.05) is 32.0 Å². The van der Waals surface area contributed by atoms with E-state index in [4.69, 9.17) is 5.11 Å². The smallest absolute Gasteiger partial charge is 0.326 e. The van der Waals surface area contributed by atoms with Crippen molar-refractivity contribution in [3.63, 3.8) is 0 Å². The summed E-state index contributed by atoms with van der Waals surface area (Å²) in [5, 5.41) is 13.7. The lowest BCUT2D eigenvalue weighted by Gasteiger charge is -2.18. The van der Waals surface area contributed by atoms with E-state index >= 15 is 0 Å². The molecule has 3 N–H and O–H groups in total. The Bertz CT molecular complexity index is 764. The Morgan fingerprint density at radius 1 is 1.11 bits per heavy atom. The molecule has 0 spiro atoms. The monoisotopic (exact) mass is 399 g/mol. The van der Waals surface area contributed by atoms with Crippen LogP contribution in [0.15, 0.2) is 35.2 Å². The van der Waals surface area contributed by atoms with Crippen LogP contribution in [0.3, 0.4) is 0 Å². The van der Waals surface area contributed by atoms with Gasteiger partial charge >= 0.3 is 5.97 Å². The number of carbonyl (C=O) groups is 3. The molecule has 1 rings (SSSR count). The zero-order chi connectivity index (χ0) is 20.6. The van der Waals surface area contributed by atoms with E-state index in [2.05, 4.69) is 10.6 Å². The first-order chi connectivity index (χ1) is 12.5. The molecular formula is C17H25N3O6S. The summed E-state index contributed by atoms with van der Waals surface area (Å²) in [4.78, 5) is 34.9. The van der Waals surface area contributed by atoms with Crippen LogP contribution in [0.2, 0.25) is 0 Å². The van der Waals surface area contributed by atoms with Crippen LogP contribution in [0.5, 0.6) is 0 Å². The van der Waals surface area contributed by atoms with Crippen LogP contribution >= 0.6 is 0 Å². The van der Waals surface area contributed by atoms with Crippen molar-refractivity contribution in [1.82, 2.24) is 14.9 Å². The number of hydrogen-bond donors (Lipinski definition) is 3. The third kappa shape index (κ3) is 7.35. The molecule has 150 valence electrons. The van der Waals surface area contributed by atoms with E-state index in [-0.39, 0.29) is 17.2 Å². The highest BCUT2D eigenvalue weighted by atomic mass is 32.2. The Labute approximate surface area is 158 Å². The van der Waals surface area contributed by atoms with Gasteiger partial charge in [-0.05, 0) is 24.5 Å². The number of likely N-dealkylation sites (N-methyl/N-ethyl adjacent to an activating group) is 1. The molecule has 2 amide bonds. The van der Waals surface area contributed by atoms with Gasteiger partial charge in [-0.15, -0.1) is 0 Å². The van der Waals surface area contributed by atoms with Crippen LogP contribution in [0.4, 0.5) is 0 Å². The molecular weight excluding hydrogens is 374 g/mol. The van der Waals surface area contributed by atoms with Crippen LogP contribution in [0.1, 0.15) is 20.3 Å². The number of nitrogens with zero attached hydrogens (tertiary/aromatic N) is 1. The quantitative estimate of drug-likeness (QED) is 0.509. The molecule has 0 aromatic heterocycles. The zero-order valence-electron chi connectivity index (χ0n) is 15.5. The second kappa shape index (κ2) is 10.0. The number of aliphatic carboxylic acids is 1. The molecule has 27 heavy (non-hydrogen) atoms. The van der Waals surface area contributed by atoms with Crippen molar-refractivity contribution in [2.45, 2.75) is 31.2 Å². The van der Waals surface area contributed by atoms with E-state index < -0.39 is 46.9 Å². The average molecular weight is 399 g/mol. The van der Waals surface area contributed by atoms with E-state index in [0.717, 1.165) is 4.31 Å². The molecule has 0 saturated carbocycles. The lowest BCUT2D eigenvalue weighted by molar-refractivity contribution is -0.142. The number of rotatable bonds is 10. The van der Waals surface area contributed by atoms with E-state index in [1.165, 1.54) is 19.2 Å². The average Bonchev–Trinajstić information content (AvgIpc) is 2.59. The minimum atomic E-state index is -3.82. The summed E-state index contributed by atoms with van der Waals surface area (Å²) in [6, 6.07) is 6.60. The minimum absolute atomic E-state index is 0.0519. The van der Waals surface area contributed by atoms with Crippen molar-refractivity contribution in [3.8, 4) is 0 Å². The Hall–Kier alpha value is -2.46. The first-order valence-corrected chi connectivity index (χ1v) is 9.78. The second-order valence-electron chi connectivity index (χ2n) is 6.44. The molecule has 10 heteroatoms. The number of sulfonamides is 1. The molecule has 9 nitrogen and oxygen atoms in total. The zero-order valence-corrected chi connectivity index (χ0v) is 16.3. The maximum Gasteiger partial charge on any atom is 0.326 e. The summed E-state index contributed by atoms with van der Waals surface area (Å²) in [5.74, 6) is -2.43. The van der Waals surface area contributed by atoms with Gasteiger partial charge in [0, 0.05) is 7.05 Å². The van der Waals surface area contributed by atoms with Gasteiger partial charge in [-0.2, -0.15) is 4.31 Å². The number of amides is 2. The Kier molecular flexibility index (Phi) is 8.38. The lowest BCUT2D eigenvalue weighted by Crippen LogP contribution is -2.47. The van der Waals surface area contributed by atoms with E-state index in [0.29, 0.717) is 0 Å². The first-order valence-electron chi connectivity index (χ1n) is 8.34. The third-order valence-electron chi connectivity index (χ3n) is 3.60. The summed E-state index contributed by atoms with van der Waals surface area (Å²) >= 11 is 0. The van der Waals surface area contributed by atoms with Gasteiger partial charge in [-0.25, -0.2) is 13.2 Å². The van der Waals surface area contributed by atoms with Gasteiger partial charge < -0.3 is 15.7 Å². The summed E-state index contributed by atoms with van der Waals surface area (Å²) in [6.45, 7) is 2.73. The number of carboxylic acids is 1. The summed E-state index contributed by atoms with van der Waals surface area (Å²) in [5.41, 5.74) is 0. The van der Waals surface area contributed by atoms with Crippen LogP contribution in [0.25, 0.3) is 0 Å². The molecule has 0 fully saturated rings. The Balaban J connectivity index is 2.55. The molecule has 1 atom stereocenters. The normalized spacial score (nSPS) is 12.6. The molecule has 0 heterocycles. The predicted octanol–water partition coefficient (Wildman–Crippen LogP) is 0.0388. The van der Waals surface area contributed by atoms with Gasteiger partial charge in [0.15, 0.2) is 0 Å². The number of hydrogen-bond acceptors (Lipinski definition) is 5. The number of nitrogens with one attached hydrogen (secondary N) is 2. The number of carboxylic acid groups (broad SMARTS) is 1. The maximum atomic E-state index is 12.3. The topological polar surface area (TPSA) is 133 Å². The van der Waals surface area contributed by atoms with Crippen molar-refractivity contribution < 1.29 is 27.9 Å². The SMILES string of the molecule is CC(C)C[C@H](NC(=O)CNC(=O)CN(C)S(=O)(=O)c1ccccc1)C(=O)O. The Morgan fingerprint density at radius 2 is 1.70 bits per heavy atom. The molecule has 0 aliphatic heterocycles. The molecule has 0 unspecified atom stereocenters. The molecule has 0 aliphatic rings. The van der Waals surface area contributed by atoms with Gasteiger partial charge in [0.05, 0.1) is 18.0 Å². The fraction of sp³-hybridized carbons (Fsp3) is 0.471. The standard InChI is InChI=1S/C17H25N3O6S/c1-12(2)9-14(17(23)24)19-15(21)10-18-16(22)11-20(3)27(25,26)13-7-5-4-6-8-13/h4-8,12,14H,9-11H2,1-3H3,(H,18,22)(H,19,21)(H,23,24)/t14-/m0/s1. The lowest BCUT2D eigenvalue weighted by atomic mass is 10.0. The van der Waals surface area contributed by atoms with Crippen LogP contribution in [-0.4, -0.2) is 61.8 Å². The first kappa shape index (κ1) is 22.6. The molecule has 0 saturated heterocycles. The highest BCUT2D eigenvalue weighted by molar-refractivity contribution is 7.89. The second-order valence-corrected chi connectivity index (χ2v) is 8.48. The summed E-state index contributed by atoms with van der Waals surface area (Å²) < 4.78 is 25.5. The molecule has 1 aromatic carbocycles.